The maximum absolute atomic E-state index is 12.0. The number of carbonyl (C=O) groups excluding carboxylic acids is 1. The highest BCUT2D eigenvalue weighted by Crippen LogP contribution is 2.17. The van der Waals surface area contributed by atoms with Crippen molar-refractivity contribution in [1.29, 1.82) is 0 Å². The van der Waals surface area contributed by atoms with E-state index in [2.05, 4.69) is 48.4 Å². The van der Waals surface area contributed by atoms with E-state index < -0.39 is 0 Å². The standard InChI is InChI=1S/C20H27N3O/c1-4-23(5-2)19-11-9-17(10-12-19)22-20(24)13-14-21-18-8-6-7-16(3)15-18/h6-12,15,21H,4-5,13-14H2,1-3H3,(H,22,24). The van der Waals surface area contributed by atoms with Gasteiger partial charge in [-0.15, -0.1) is 0 Å². The third-order valence-corrected chi connectivity index (χ3v) is 3.98. The van der Waals surface area contributed by atoms with E-state index in [4.69, 9.17) is 0 Å². The Morgan fingerprint density at radius 2 is 1.71 bits per heavy atom. The molecule has 0 saturated carbocycles. The van der Waals surface area contributed by atoms with Gasteiger partial charge >= 0.3 is 0 Å². The quantitative estimate of drug-likeness (QED) is 0.761. The van der Waals surface area contributed by atoms with Gasteiger partial charge in [-0.1, -0.05) is 12.1 Å². The molecule has 2 aromatic carbocycles. The Kier molecular flexibility index (Phi) is 6.67. The minimum Gasteiger partial charge on any atom is -0.385 e. The molecule has 0 spiro atoms. The SMILES string of the molecule is CCN(CC)c1ccc(NC(=O)CCNc2cccc(C)c2)cc1. The Morgan fingerprint density at radius 1 is 1.00 bits per heavy atom. The third kappa shape index (κ3) is 5.30. The van der Waals surface area contributed by atoms with Gasteiger partial charge in [0.05, 0.1) is 0 Å². The maximum Gasteiger partial charge on any atom is 0.226 e. The lowest BCUT2D eigenvalue weighted by Crippen LogP contribution is -2.21. The predicted octanol–water partition coefficient (Wildman–Crippen LogP) is 4.28. The Hall–Kier alpha value is -2.49. The molecule has 2 aromatic rings. The minimum absolute atomic E-state index is 0.0192. The van der Waals surface area contributed by atoms with Gasteiger partial charge in [0.25, 0.3) is 0 Å². The van der Waals surface area contributed by atoms with Crippen molar-refractivity contribution in [3.63, 3.8) is 0 Å². The first-order chi connectivity index (χ1) is 11.6. The van der Waals surface area contributed by atoms with Gasteiger partial charge in [0.1, 0.15) is 0 Å². The van der Waals surface area contributed by atoms with E-state index in [-0.39, 0.29) is 5.91 Å². The second-order valence-corrected chi connectivity index (χ2v) is 5.81. The van der Waals surface area contributed by atoms with Crippen LogP contribution in [0.5, 0.6) is 0 Å². The summed E-state index contributed by atoms with van der Waals surface area (Å²) in [5.41, 5.74) is 4.27. The Bertz CT molecular complexity index is 648. The summed E-state index contributed by atoms with van der Waals surface area (Å²) in [6, 6.07) is 16.2. The van der Waals surface area contributed by atoms with Crippen LogP contribution in [0.3, 0.4) is 0 Å². The van der Waals surface area contributed by atoms with Gasteiger partial charge < -0.3 is 15.5 Å². The van der Waals surface area contributed by atoms with E-state index in [1.165, 1.54) is 11.3 Å². The van der Waals surface area contributed by atoms with Gasteiger partial charge in [0.2, 0.25) is 5.91 Å². The summed E-state index contributed by atoms with van der Waals surface area (Å²) in [7, 11) is 0. The van der Waals surface area contributed by atoms with Gasteiger partial charge in [0.15, 0.2) is 0 Å². The number of nitrogens with zero attached hydrogens (tertiary/aromatic N) is 1. The fourth-order valence-corrected chi connectivity index (χ4v) is 2.64. The van der Waals surface area contributed by atoms with Crippen molar-refractivity contribution in [1.82, 2.24) is 0 Å². The molecule has 0 aliphatic rings. The summed E-state index contributed by atoms with van der Waals surface area (Å²) in [5.74, 6) is 0.0192. The molecule has 0 fully saturated rings. The molecule has 0 aliphatic carbocycles. The van der Waals surface area contributed by atoms with Gasteiger partial charge in [-0.3, -0.25) is 4.79 Å². The number of nitrogens with one attached hydrogen (secondary N) is 2. The van der Waals surface area contributed by atoms with Crippen molar-refractivity contribution < 1.29 is 4.79 Å². The fourth-order valence-electron chi connectivity index (χ4n) is 2.64. The van der Waals surface area contributed by atoms with E-state index in [1.807, 2.05) is 36.4 Å². The van der Waals surface area contributed by atoms with E-state index in [1.54, 1.807) is 0 Å². The molecule has 0 saturated heterocycles. The molecular formula is C20H27N3O. The van der Waals surface area contributed by atoms with Gasteiger partial charge in [-0.25, -0.2) is 0 Å². The number of amides is 1. The van der Waals surface area contributed by atoms with Gasteiger partial charge in [-0.2, -0.15) is 0 Å². The molecule has 0 heterocycles. The topological polar surface area (TPSA) is 44.4 Å². The van der Waals surface area contributed by atoms with E-state index in [9.17, 15) is 4.79 Å². The van der Waals surface area contributed by atoms with Crippen LogP contribution < -0.4 is 15.5 Å². The van der Waals surface area contributed by atoms with Crippen molar-refractivity contribution in [3.05, 3.63) is 54.1 Å². The van der Waals surface area contributed by atoms with Crippen LogP contribution in [-0.4, -0.2) is 25.5 Å². The molecule has 4 nitrogen and oxygen atoms in total. The molecular weight excluding hydrogens is 298 g/mol. The molecule has 0 bridgehead atoms. The van der Waals surface area contributed by atoms with Gasteiger partial charge in [-0.05, 0) is 62.7 Å². The van der Waals surface area contributed by atoms with Crippen LogP contribution >= 0.6 is 0 Å². The Labute approximate surface area is 144 Å². The minimum atomic E-state index is 0.0192. The van der Waals surface area contributed by atoms with E-state index in [0.29, 0.717) is 13.0 Å². The average molecular weight is 325 g/mol. The molecule has 24 heavy (non-hydrogen) atoms. The maximum atomic E-state index is 12.0. The van der Waals surface area contributed by atoms with Crippen molar-refractivity contribution >= 4 is 23.0 Å². The van der Waals surface area contributed by atoms with Crippen LogP contribution in [0.15, 0.2) is 48.5 Å². The van der Waals surface area contributed by atoms with Crippen LogP contribution in [0.25, 0.3) is 0 Å². The average Bonchev–Trinajstić information content (AvgIpc) is 2.57. The number of hydrogen-bond acceptors (Lipinski definition) is 3. The predicted molar refractivity (Wildman–Crippen MR) is 103 cm³/mol. The summed E-state index contributed by atoms with van der Waals surface area (Å²) in [6.45, 7) is 8.91. The summed E-state index contributed by atoms with van der Waals surface area (Å²) in [5, 5.41) is 6.22. The molecule has 1 amide bonds. The number of rotatable bonds is 8. The largest absolute Gasteiger partial charge is 0.385 e. The number of hydrogen-bond donors (Lipinski definition) is 2. The fraction of sp³-hybridized carbons (Fsp3) is 0.350. The molecule has 0 radical (unpaired) electrons. The van der Waals surface area contributed by atoms with Crippen LogP contribution in [0.1, 0.15) is 25.8 Å². The van der Waals surface area contributed by atoms with Gasteiger partial charge in [0, 0.05) is 43.1 Å². The van der Waals surface area contributed by atoms with Crippen LogP contribution in [-0.2, 0) is 4.79 Å². The van der Waals surface area contributed by atoms with E-state index in [0.717, 1.165) is 24.5 Å². The summed E-state index contributed by atoms with van der Waals surface area (Å²) in [4.78, 5) is 14.3. The third-order valence-electron chi connectivity index (χ3n) is 3.98. The number of anilines is 3. The smallest absolute Gasteiger partial charge is 0.226 e. The lowest BCUT2D eigenvalue weighted by atomic mass is 10.2. The number of carbonyl (C=O) groups is 1. The normalized spacial score (nSPS) is 10.3. The Morgan fingerprint density at radius 3 is 2.33 bits per heavy atom. The van der Waals surface area contributed by atoms with Crippen LogP contribution in [0.4, 0.5) is 17.1 Å². The van der Waals surface area contributed by atoms with Crippen molar-refractivity contribution in [2.75, 3.05) is 35.2 Å². The molecule has 0 aliphatic heterocycles. The summed E-state index contributed by atoms with van der Waals surface area (Å²) >= 11 is 0. The highest BCUT2D eigenvalue weighted by atomic mass is 16.1. The van der Waals surface area contributed by atoms with Crippen LogP contribution in [0.2, 0.25) is 0 Å². The molecule has 0 atom stereocenters. The highest BCUT2D eigenvalue weighted by molar-refractivity contribution is 5.91. The Balaban J connectivity index is 1.79. The summed E-state index contributed by atoms with van der Waals surface area (Å²) < 4.78 is 0. The first kappa shape index (κ1) is 17.9. The number of aryl methyl sites for hydroxylation is 1. The lowest BCUT2D eigenvalue weighted by Gasteiger charge is -2.21. The zero-order valence-corrected chi connectivity index (χ0v) is 14.8. The number of benzene rings is 2. The van der Waals surface area contributed by atoms with Crippen molar-refractivity contribution in [2.45, 2.75) is 27.2 Å². The van der Waals surface area contributed by atoms with Crippen LogP contribution in [0, 0.1) is 6.92 Å². The summed E-state index contributed by atoms with van der Waals surface area (Å²) in [6.07, 6.45) is 0.436. The zero-order chi connectivity index (χ0) is 17.4. The van der Waals surface area contributed by atoms with Crippen molar-refractivity contribution in [3.8, 4) is 0 Å². The molecule has 0 unspecified atom stereocenters. The molecule has 2 N–H and O–H groups in total. The first-order valence-corrected chi connectivity index (χ1v) is 8.57. The second kappa shape index (κ2) is 8.96. The molecule has 2 rings (SSSR count). The zero-order valence-electron chi connectivity index (χ0n) is 14.8. The van der Waals surface area contributed by atoms with E-state index >= 15 is 0 Å². The first-order valence-electron chi connectivity index (χ1n) is 8.57. The molecule has 4 heteroatoms. The monoisotopic (exact) mass is 325 g/mol. The second-order valence-electron chi connectivity index (χ2n) is 5.81. The molecule has 128 valence electrons. The lowest BCUT2D eigenvalue weighted by molar-refractivity contribution is -0.115. The highest BCUT2D eigenvalue weighted by Gasteiger charge is 2.04. The molecule has 0 aromatic heterocycles. The van der Waals surface area contributed by atoms with Crippen molar-refractivity contribution in [2.24, 2.45) is 0 Å².